The average Bonchev–Trinajstić information content (AvgIpc) is 2.57. The molecule has 5 heteroatoms. The van der Waals surface area contributed by atoms with E-state index >= 15 is 0 Å². The van der Waals surface area contributed by atoms with Crippen LogP contribution < -0.4 is 5.73 Å². The molecule has 0 bridgehead atoms. The number of nitrogens with two attached hydrogens (primary N) is 1. The highest BCUT2D eigenvalue weighted by atomic mass is 32.2. The minimum absolute atomic E-state index is 0.247. The van der Waals surface area contributed by atoms with E-state index in [1.54, 1.807) is 11.8 Å². The van der Waals surface area contributed by atoms with Gasteiger partial charge in [0.1, 0.15) is 5.82 Å². The van der Waals surface area contributed by atoms with E-state index in [9.17, 15) is 0 Å². The van der Waals surface area contributed by atoms with Gasteiger partial charge in [-0.25, -0.2) is 0 Å². The Morgan fingerprint density at radius 3 is 2.50 bits per heavy atom. The summed E-state index contributed by atoms with van der Waals surface area (Å²) in [5.41, 5.74) is 6.17. The van der Waals surface area contributed by atoms with Gasteiger partial charge in [0.05, 0.1) is 0 Å². The predicted molar refractivity (Wildman–Crippen MR) is 68.6 cm³/mol. The predicted octanol–water partition coefficient (Wildman–Crippen LogP) is 2.12. The standard InChI is InChI=1S/C11H22N4S/c1-5-7-9(12)10(6-2)16-11-14-13-8(3)15(11)4/h9-10H,5-7,12H2,1-4H3. The molecule has 0 aromatic carbocycles. The van der Waals surface area contributed by atoms with Crippen LogP contribution >= 0.6 is 11.8 Å². The molecule has 0 amide bonds. The summed E-state index contributed by atoms with van der Waals surface area (Å²) in [6, 6.07) is 0.247. The zero-order valence-electron chi connectivity index (χ0n) is 10.6. The van der Waals surface area contributed by atoms with Gasteiger partial charge in [-0.15, -0.1) is 10.2 Å². The van der Waals surface area contributed by atoms with Gasteiger partial charge in [-0.2, -0.15) is 0 Å². The Bertz CT molecular complexity index is 324. The first kappa shape index (κ1) is 13.5. The van der Waals surface area contributed by atoms with Gasteiger partial charge in [0.25, 0.3) is 0 Å². The van der Waals surface area contributed by atoms with Crippen LogP contribution in [0.4, 0.5) is 0 Å². The lowest BCUT2D eigenvalue weighted by atomic mass is 10.1. The van der Waals surface area contributed by atoms with E-state index in [2.05, 4.69) is 24.0 Å². The fourth-order valence-electron chi connectivity index (χ4n) is 1.62. The summed E-state index contributed by atoms with van der Waals surface area (Å²) < 4.78 is 2.02. The van der Waals surface area contributed by atoms with Gasteiger partial charge < -0.3 is 10.3 Å². The number of rotatable bonds is 6. The molecule has 0 fully saturated rings. The van der Waals surface area contributed by atoms with Crippen LogP contribution in [0.1, 0.15) is 38.9 Å². The molecule has 0 saturated carbocycles. The van der Waals surface area contributed by atoms with Crippen LogP contribution in [0.25, 0.3) is 0 Å². The van der Waals surface area contributed by atoms with E-state index in [0.29, 0.717) is 5.25 Å². The highest BCUT2D eigenvalue weighted by molar-refractivity contribution is 7.99. The number of hydrogen-bond acceptors (Lipinski definition) is 4. The molecule has 0 saturated heterocycles. The van der Waals surface area contributed by atoms with Crippen LogP contribution in [-0.4, -0.2) is 26.1 Å². The van der Waals surface area contributed by atoms with Crippen LogP contribution in [-0.2, 0) is 7.05 Å². The summed E-state index contributed by atoms with van der Waals surface area (Å²) in [5.74, 6) is 0.946. The second-order valence-corrected chi connectivity index (χ2v) is 5.31. The van der Waals surface area contributed by atoms with Crippen LogP contribution in [0, 0.1) is 6.92 Å². The molecule has 92 valence electrons. The molecule has 1 aromatic heterocycles. The number of hydrogen-bond donors (Lipinski definition) is 1. The van der Waals surface area contributed by atoms with Gasteiger partial charge in [-0.05, 0) is 19.8 Å². The molecule has 1 aromatic rings. The van der Waals surface area contributed by atoms with Crippen molar-refractivity contribution in [3.8, 4) is 0 Å². The minimum atomic E-state index is 0.247. The van der Waals surface area contributed by atoms with Crippen molar-refractivity contribution < 1.29 is 0 Å². The van der Waals surface area contributed by atoms with Gasteiger partial charge in [0.2, 0.25) is 0 Å². The summed E-state index contributed by atoms with van der Waals surface area (Å²) in [6.07, 6.45) is 3.27. The molecule has 4 nitrogen and oxygen atoms in total. The van der Waals surface area contributed by atoms with Gasteiger partial charge in [-0.3, -0.25) is 0 Å². The fraction of sp³-hybridized carbons (Fsp3) is 0.818. The highest BCUT2D eigenvalue weighted by Crippen LogP contribution is 2.26. The molecule has 0 aliphatic heterocycles. The maximum Gasteiger partial charge on any atom is 0.191 e. The monoisotopic (exact) mass is 242 g/mol. The van der Waals surface area contributed by atoms with Gasteiger partial charge in [0.15, 0.2) is 5.16 Å². The molecule has 0 spiro atoms. The quantitative estimate of drug-likeness (QED) is 0.776. The van der Waals surface area contributed by atoms with Crippen molar-refractivity contribution in [2.75, 3.05) is 0 Å². The lowest BCUT2D eigenvalue weighted by molar-refractivity contribution is 0.564. The van der Waals surface area contributed by atoms with Crippen LogP contribution in [0.2, 0.25) is 0 Å². The third kappa shape index (κ3) is 3.22. The summed E-state index contributed by atoms with van der Waals surface area (Å²) in [5, 5.41) is 9.63. The van der Waals surface area contributed by atoms with Crippen molar-refractivity contribution in [3.63, 3.8) is 0 Å². The SMILES string of the molecule is CCCC(N)C(CC)Sc1nnc(C)n1C. The molecule has 1 rings (SSSR count). The fourth-order valence-corrected chi connectivity index (χ4v) is 2.74. The third-order valence-electron chi connectivity index (χ3n) is 2.81. The van der Waals surface area contributed by atoms with Crippen LogP contribution in [0.5, 0.6) is 0 Å². The smallest absolute Gasteiger partial charge is 0.191 e. The van der Waals surface area contributed by atoms with Gasteiger partial charge >= 0.3 is 0 Å². The van der Waals surface area contributed by atoms with E-state index in [4.69, 9.17) is 5.73 Å². The average molecular weight is 242 g/mol. The Kier molecular flexibility index (Phi) is 5.28. The maximum absolute atomic E-state index is 6.17. The Morgan fingerprint density at radius 1 is 1.38 bits per heavy atom. The van der Waals surface area contributed by atoms with Gasteiger partial charge in [-0.1, -0.05) is 32.0 Å². The van der Waals surface area contributed by atoms with Crippen molar-refractivity contribution in [2.24, 2.45) is 12.8 Å². The van der Waals surface area contributed by atoms with E-state index < -0.39 is 0 Å². The molecule has 16 heavy (non-hydrogen) atoms. The van der Waals surface area contributed by atoms with Crippen molar-refractivity contribution in [2.45, 2.75) is 56.5 Å². The van der Waals surface area contributed by atoms with Crippen LogP contribution in [0.15, 0.2) is 5.16 Å². The maximum atomic E-state index is 6.17. The first-order valence-electron chi connectivity index (χ1n) is 5.88. The summed E-state index contributed by atoms with van der Waals surface area (Å²) >= 11 is 1.75. The number of aromatic nitrogens is 3. The van der Waals surface area contributed by atoms with Crippen molar-refractivity contribution in [1.82, 2.24) is 14.8 Å². The van der Waals surface area contributed by atoms with E-state index in [1.807, 2.05) is 18.5 Å². The largest absolute Gasteiger partial charge is 0.327 e. The zero-order chi connectivity index (χ0) is 12.1. The number of thioether (sulfide) groups is 1. The molecular formula is C11H22N4S. The van der Waals surface area contributed by atoms with Crippen molar-refractivity contribution in [1.29, 1.82) is 0 Å². The third-order valence-corrected chi connectivity index (χ3v) is 4.36. The Hall–Kier alpha value is -0.550. The lowest BCUT2D eigenvalue weighted by Gasteiger charge is -2.20. The first-order valence-corrected chi connectivity index (χ1v) is 6.76. The molecule has 2 N–H and O–H groups in total. The molecular weight excluding hydrogens is 220 g/mol. The Labute approximate surface area is 102 Å². The van der Waals surface area contributed by atoms with Crippen molar-refractivity contribution in [3.05, 3.63) is 5.82 Å². The Morgan fingerprint density at radius 2 is 2.06 bits per heavy atom. The molecule has 2 atom stereocenters. The van der Waals surface area contributed by atoms with Crippen molar-refractivity contribution >= 4 is 11.8 Å². The van der Waals surface area contributed by atoms with Crippen LogP contribution in [0.3, 0.4) is 0 Å². The zero-order valence-corrected chi connectivity index (χ0v) is 11.4. The van der Waals surface area contributed by atoms with E-state index in [-0.39, 0.29) is 6.04 Å². The minimum Gasteiger partial charge on any atom is -0.327 e. The summed E-state index contributed by atoms with van der Waals surface area (Å²) in [6.45, 7) is 6.31. The second kappa shape index (κ2) is 6.25. The first-order chi connectivity index (χ1) is 7.60. The number of nitrogens with zero attached hydrogens (tertiary/aromatic N) is 3. The molecule has 0 aliphatic rings. The molecule has 0 aliphatic carbocycles. The number of aryl methyl sites for hydroxylation is 1. The Balaban J connectivity index is 2.66. The highest BCUT2D eigenvalue weighted by Gasteiger charge is 2.19. The van der Waals surface area contributed by atoms with E-state index in [0.717, 1.165) is 30.2 Å². The van der Waals surface area contributed by atoms with Gasteiger partial charge in [0, 0.05) is 18.3 Å². The molecule has 0 radical (unpaired) electrons. The normalized spacial score (nSPS) is 15.1. The summed E-state index contributed by atoms with van der Waals surface area (Å²) in [4.78, 5) is 0. The van der Waals surface area contributed by atoms with E-state index in [1.165, 1.54) is 0 Å². The molecule has 2 unspecified atom stereocenters. The second-order valence-electron chi connectivity index (χ2n) is 4.11. The summed E-state index contributed by atoms with van der Waals surface area (Å²) in [7, 11) is 2.00. The lowest BCUT2D eigenvalue weighted by Crippen LogP contribution is -2.32. The topological polar surface area (TPSA) is 56.7 Å². The molecule has 1 heterocycles.